The average molecular weight is 450 g/mol. The zero-order valence-electron chi connectivity index (χ0n) is 19.6. The van der Waals surface area contributed by atoms with Crippen LogP contribution in [0.25, 0.3) is 0 Å². The summed E-state index contributed by atoms with van der Waals surface area (Å²) >= 11 is 0. The van der Waals surface area contributed by atoms with Crippen LogP contribution in [0.4, 0.5) is 4.79 Å². The van der Waals surface area contributed by atoms with E-state index >= 15 is 0 Å². The molecule has 1 amide bonds. The summed E-state index contributed by atoms with van der Waals surface area (Å²) in [4.78, 5) is 43.4. The Hall–Kier alpha value is -2.65. The third-order valence-electron chi connectivity index (χ3n) is 4.90. The summed E-state index contributed by atoms with van der Waals surface area (Å²) < 4.78 is 5.49. The van der Waals surface area contributed by atoms with Gasteiger partial charge in [0, 0.05) is 26.2 Å². The summed E-state index contributed by atoms with van der Waals surface area (Å²) in [5.41, 5.74) is -0.615. The lowest BCUT2D eigenvalue weighted by molar-refractivity contribution is -0.159. The number of ether oxygens (including phenoxy) is 1. The number of aliphatic carboxylic acids is 1. The highest BCUT2D eigenvalue weighted by Gasteiger charge is 2.34. The number of amides is 1. The van der Waals surface area contributed by atoms with Crippen molar-refractivity contribution >= 4 is 18.0 Å². The van der Waals surface area contributed by atoms with Crippen LogP contribution in [0.15, 0.2) is 30.3 Å². The number of piperazine rings is 1. The second kappa shape index (κ2) is 10.8. The van der Waals surface area contributed by atoms with Gasteiger partial charge in [-0.3, -0.25) is 4.79 Å². The SMILES string of the molecule is CC(C)(CNC[C@@H]1CN(C(=O)OC(C)(C)C)CCN1OC(=O)c1ccccc1)CC(=O)O. The van der Waals surface area contributed by atoms with Crippen LogP contribution in [0.2, 0.25) is 0 Å². The van der Waals surface area contributed by atoms with Gasteiger partial charge in [-0.25, -0.2) is 9.59 Å². The molecular formula is C23H35N3O6. The van der Waals surface area contributed by atoms with E-state index in [9.17, 15) is 14.4 Å². The zero-order valence-corrected chi connectivity index (χ0v) is 19.6. The highest BCUT2D eigenvalue weighted by molar-refractivity contribution is 5.89. The van der Waals surface area contributed by atoms with E-state index in [0.717, 1.165) is 0 Å². The van der Waals surface area contributed by atoms with Crippen LogP contribution in [0.5, 0.6) is 0 Å². The average Bonchev–Trinajstić information content (AvgIpc) is 2.67. The number of nitrogens with zero attached hydrogens (tertiary/aromatic N) is 2. The van der Waals surface area contributed by atoms with Crippen LogP contribution in [0.3, 0.4) is 0 Å². The third kappa shape index (κ3) is 8.47. The molecule has 0 aromatic heterocycles. The van der Waals surface area contributed by atoms with Crippen molar-refractivity contribution in [3.8, 4) is 0 Å². The Balaban J connectivity index is 2.05. The Kier molecular flexibility index (Phi) is 8.63. The van der Waals surface area contributed by atoms with Gasteiger partial charge in [-0.1, -0.05) is 32.0 Å². The quantitative estimate of drug-likeness (QED) is 0.624. The fourth-order valence-corrected chi connectivity index (χ4v) is 3.40. The third-order valence-corrected chi connectivity index (χ3v) is 4.90. The number of hydroxylamine groups is 2. The number of hydrogen-bond donors (Lipinski definition) is 2. The van der Waals surface area contributed by atoms with E-state index in [1.54, 1.807) is 34.2 Å². The molecule has 1 fully saturated rings. The Morgan fingerprint density at radius 1 is 1.09 bits per heavy atom. The number of benzene rings is 1. The fourth-order valence-electron chi connectivity index (χ4n) is 3.40. The van der Waals surface area contributed by atoms with Crippen LogP contribution >= 0.6 is 0 Å². The van der Waals surface area contributed by atoms with E-state index in [-0.39, 0.29) is 12.5 Å². The van der Waals surface area contributed by atoms with Crippen molar-refractivity contribution in [2.75, 3.05) is 32.7 Å². The van der Waals surface area contributed by atoms with Crippen molar-refractivity contribution in [1.29, 1.82) is 0 Å². The van der Waals surface area contributed by atoms with Gasteiger partial charge in [-0.15, -0.1) is 5.06 Å². The summed E-state index contributed by atoms with van der Waals surface area (Å²) in [5.74, 6) is -1.32. The zero-order chi connectivity index (χ0) is 23.9. The van der Waals surface area contributed by atoms with Crippen LogP contribution < -0.4 is 5.32 Å². The van der Waals surface area contributed by atoms with Crippen LogP contribution in [0, 0.1) is 5.41 Å². The minimum Gasteiger partial charge on any atom is -0.481 e. The lowest BCUT2D eigenvalue weighted by Crippen LogP contribution is -2.59. The molecule has 1 aromatic rings. The summed E-state index contributed by atoms with van der Waals surface area (Å²) in [6, 6.07) is 8.40. The van der Waals surface area contributed by atoms with Gasteiger partial charge >= 0.3 is 18.0 Å². The predicted molar refractivity (Wildman–Crippen MR) is 119 cm³/mol. The Morgan fingerprint density at radius 3 is 2.34 bits per heavy atom. The van der Waals surface area contributed by atoms with Gasteiger partial charge < -0.3 is 24.9 Å². The molecule has 9 nitrogen and oxygen atoms in total. The topological polar surface area (TPSA) is 108 Å². The van der Waals surface area contributed by atoms with Gasteiger partial charge in [0.2, 0.25) is 0 Å². The lowest BCUT2D eigenvalue weighted by atomic mass is 9.89. The standard InChI is InChI=1S/C23H35N3O6/c1-22(2,3)31-21(30)25-11-12-26(32-20(29)17-9-7-6-8-10-17)18(15-25)14-24-16-23(4,5)13-19(27)28/h6-10,18,24H,11-16H2,1-5H3,(H,27,28)/t18-/m1/s1. The number of carbonyl (C=O) groups is 3. The molecule has 0 saturated carbocycles. The molecule has 1 saturated heterocycles. The number of carbonyl (C=O) groups excluding carboxylic acids is 2. The number of nitrogens with one attached hydrogen (secondary N) is 1. The molecule has 2 N–H and O–H groups in total. The highest BCUT2D eigenvalue weighted by Crippen LogP contribution is 2.20. The van der Waals surface area contributed by atoms with Gasteiger partial charge in [-0.2, -0.15) is 0 Å². The summed E-state index contributed by atoms with van der Waals surface area (Å²) in [7, 11) is 0. The number of carboxylic acid groups (broad SMARTS) is 1. The molecule has 1 aromatic carbocycles. The number of carboxylic acids is 1. The predicted octanol–water partition coefficient (Wildman–Crippen LogP) is 2.77. The minimum atomic E-state index is -0.857. The first-order valence-electron chi connectivity index (χ1n) is 10.8. The van der Waals surface area contributed by atoms with Crippen molar-refractivity contribution < 1.29 is 29.1 Å². The highest BCUT2D eigenvalue weighted by atomic mass is 16.7. The maximum atomic E-state index is 12.6. The molecule has 0 unspecified atom stereocenters. The Labute approximate surface area is 189 Å². The second-order valence-corrected chi connectivity index (χ2v) is 9.83. The van der Waals surface area contributed by atoms with E-state index in [4.69, 9.17) is 14.7 Å². The fraction of sp³-hybridized carbons (Fsp3) is 0.609. The first-order chi connectivity index (χ1) is 14.9. The normalized spacial score (nSPS) is 17.7. The first kappa shape index (κ1) is 25.6. The maximum absolute atomic E-state index is 12.6. The van der Waals surface area contributed by atoms with E-state index < -0.39 is 29.0 Å². The van der Waals surface area contributed by atoms with Gasteiger partial charge in [0.15, 0.2) is 0 Å². The smallest absolute Gasteiger partial charge is 0.410 e. The largest absolute Gasteiger partial charge is 0.481 e. The molecule has 2 rings (SSSR count). The molecule has 0 radical (unpaired) electrons. The number of rotatable bonds is 8. The molecule has 1 atom stereocenters. The summed E-state index contributed by atoms with van der Waals surface area (Å²) in [5, 5.41) is 14.0. The van der Waals surface area contributed by atoms with E-state index in [0.29, 0.717) is 38.3 Å². The summed E-state index contributed by atoms with van der Waals surface area (Å²) in [6.07, 6.45) is -0.385. The van der Waals surface area contributed by atoms with Gasteiger partial charge in [-0.05, 0) is 38.3 Å². The molecule has 0 bridgehead atoms. The van der Waals surface area contributed by atoms with Crippen LogP contribution in [0.1, 0.15) is 51.4 Å². The van der Waals surface area contributed by atoms with Crippen LogP contribution in [-0.4, -0.2) is 77.5 Å². The van der Waals surface area contributed by atoms with E-state index in [1.165, 1.54) is 0 Å². The van der Waals surface area contributed by atoms with E-state index in [1.807, 2.05) is 40.7 Å². The Bertz CT molecular complexity index is 791. The molecule has 0 aliphatic carbocycles. The Morgan fingerprint density at radius 2 is 1.75 bits per heavy atom. The van der Waals surface area contributed by atoms with Crippen molar-refractivity contribution in [3.63, 3.8) is 0 Å². The molecular weight excluding hydrogens is 414 g/mol. The van der Waals surface area contributed by atoms with Crippen molar-refractivity contribution in [2.24, 2.45) is 5.41 Å². The molecule has 32 heavy (non-hydrogen) atoms. The van der Waals surface area contributed by atoms with Crippen molar-refractivity contribution in [2.45, 2.75) is 52.7 Å². The first-order valence-corrected chi connectivity index (χ1v) is 10.8. The van der Waals surface area contributed by atoms with Gasteiger partial charge in [0.1, 0.15) is 5.60 Å². The molecule has 0 spiro atoms. The second-order valence-electron chi connectivity index (χ2n) is 9.83. The molecule has 178 valence electrons. The van der Waals surface area contributed by atoms with E-state index in [2.05, 4.69) is 5.32 Å². The van der Waals surface area contributed by atoms with Crippen molar-refractivity contribution in [3.05, 3.63) is 35.9 Å². The number of hydrogen-bond acceptors (Lipinski definition) is 7. The monoisotopic (exact) mass is 449 g/mol. The maximum Gasteiger partial charge on any atom is 0.410 e. The molecule has 1 heterocycles. The van der Waals surface area contributed by atoms with Crippen molar-refractivity contribution in [1.82, 2.24) is 15.3 Å². The summed E-state index contributed by atoms with van der Waals surface area (Å²) in [6.45, 7) is 11.0. The van der Waals surface area contributed by atoms with Crippen LogP contribution in [-0.2, 0) is 14.4 Å². The molecule has 1 aliphatic rings. The molecule has 9 heteroatoms. The van der Waals surface area contributed by atoms with Gasteiger partial charge in [0.25, 0.3) is 0 Å². The lowest BCUT2D eigenvalue weighted by Gasteiger charge is -2.40. The minimum absolute atomic E-state index is 0.0292. The van der Waals surface area contributed by atoms with Gasteiger partial charge in [0.05, 0.1) is 24.6 Å². The molecule has 1 aliphatic heterocycles.